The molecule has 0 spiro atoms. The first-order valence-electron chi connectivity index (χ1n) is 6.69. The molecule has 0 unspecified atom stereocenters. The first-order valence-corrected chi connectivity index (χ1v) is 8.34. The van der Waals surface area contributed by atoms with E-state index in [1.807, 2.05) is 6.07 Å². The molecule has 0 bridgehead atoms. The smallest absolute Gasteiger partial charge is 0.191 e. The van der Waals surface area contributed by atoms with Crippen LogP contribution in [0.1, 0.15) is 21.5 Å². The molecule has 4 nitrogen and oxygen atoms in total. The molecule has 0 saturated carbocycles. The van der Waals surface area contributed by atoms with Crippen molar-refractivity contribution in [3.05, 3.63) is 70.5 Å². The fourth-order valence-corrected chi connectivity index (χ4v) is 4.11. The van der Waals surface area contributed by atoms with Crippen molar-refractivity contribution in [2.75, 3.05) is 5.75 Å². The van der Waals surface area contributed by atoms with Crippen molar-refractivity contribution in [2.24, 2.45) is 0 Å². The molecule has 1 aliphatic heterocycles. The lowest BCUT2D eigenvalue weighted by Crippen LogP contribution is -2.25. The molecule has 0 amide bonds. The van der Waals surface area contributed by atoms with Crippen LogP contribution in [0.3, 0.4) is 0 Å². The zero-order valence-electron chi connectivity index (χ0n) is 11.8. The summed E-state index contributed by atoms with van der Waals surface area (Å²) < 4.78 is 38.3. The van der Waals surface area contributed by atoms with Crippen LogP contribution in [0.15, 0.2) is 52.9 Å². The Morgan fingerprint density at radius 3 is 2.48 bits per heavy atom. The molecule has 0 aromatic heterocycles. The Labute approximate surface area is 132 Å². The molecule has 0 atom stereocenters. The van der Waals surface area contributed by atoms with E-state index in [1.165, 1.54) is 18.2 Å². The van der Waals surface area contributed by atoms with Gasteiger partial charge in [-0.25, -0.2) is 12.8 Å². The van der Waals surface area contributed by atoms with Gasteiger partial charge in [0.1, 0.15) is 10.7 Å². The van der Waals surface area contributed by atoms with Gasteiger partial charge in [0.25, 0.3) is 0 Å². The highest BCUT2D eigenvalue weighted by Gasteiger charge is 2.35. The first-order chi connectivity index (χ1) is 10.9. The van der Waals surface area contributed by atoms with Crippen molar-refractivity contribution >= 4 is 21.7 Å². The van der Waals surface area contributed by atoms with E-state index in [4.69, 9.17) is 5.26 Å². The Hall–Kier alpha value is -2.78. The number of sulfone groups is 1. The maximum atomic E-state index is 13.8. The van der Waals surface area contributed by atoms with Gasteiger partial charge in [-0.1, -0.05) is 18.2 Å². The average molecular weight is 327 g/mol. The minimum Gasteiger partial charge on any atom is -0.289 e. The summed E-state index contributed by atoms with van der Waals surface area (Å²) >= 11 is 0. The van der Waals surface area contributed by atoms with Gasteiger partial charge in [0.2, 0.25) is 0 Å². The molecule has 114 valence electrons. The van der Waals surface area contributed by atoms with Gasteiger partial charge in [0.15, 0.2) is 15.6 Å². The summed E-state index contributed by atoms with van der Waals surface area (Å²) in [5.41, 5.74) is 0.994. The molecule has 0 fully saturated rings. The second kappa shape index (κ2) is 5.45. The number of Topliss-reactive ketones (excluding diaryl/α,β-unsaturated/α-hetero) is 1. The minimum absolute atomic E-state index is 0.0767. The summed E-state index contributed by atoms with van der Waals surface area (Å²) in [7, 11) is -3.90. The third-order valence-electron chi connectivity index (χ3n) is 3.54. The van der Waals surface area contributed by atoms with E-state index < -0.39 is 32.1 Å². The molecule has 1 heterocycles. The number of nitrogens with zero attached hydrogens (tertiary/aromatic N) is 1. The number of rotatable bonds is 1. The predicted octanol–water partition coefficient (Wildman–Crippen LogP) is 2.75. The topological polar surface area (TPSA) is 75.0 Å². The molecule has 0 aliphatic carbocycles. The van der Waals surface area contributed by atoms with Crippen LogP contribution in [0.4, 0.5) is 4.39 Å². The van der Waals surface area contributed by atoms with Crippen molar-refractivity contribution in [3.8, 4) is 6.07 Å². The van der Waals surface area contributed by atoms with Gasteiger partial charge in [0, 0.05) is 11.1 Å². The van der Waals surface area contributed by atoms with Crippen LogP contribution in [0.25, 0.3) is 6.08 Å². The van der Waals surface area contributed by atoms with Crippen LogP contribution in [0.5, 0.6) is 0 Å². The first kappa shape index (κ1) is 15.1. The Morgan fingerprint density at radius 2 is 1.83 bits per heavy atom. The fraction of sp³-hybridized carbons (Fsp3) is 0.0588. The summed E-state index contributed by atoms with van der Waals surface area (Å²) in [6, 6.07) is 12.0. The van der Waals surface area contributed by atoms with Crippen molar-refractivity contribution in [1.29, 1.82) is 5.26 Å². The standard InChI is InChI=1S/C17H10FNO3S/c18-15-3-1-2-14-16(20)13(10-23(21,22)17(14)15)8-11-4-6-12(9-19)7-5-11/h1-8H,10H2/b13-8-. The highest BCUT2D eigenvalue weighted by atomic mass is 32.2. The van der Waals surface area contributed by atoms with Crippen LogP contribution < -0.4 is 0 Å². The largest absolute Gasteiger partial charge is 0.289 e. The SMILES string of the molecule is N#Cc1ccc(/C=C2/CS(=O)(=O)c3c(F)cccc3C2=O)cc1. The van der Waals surface area contributed by atoms with Crippen LogP contribution in [-0.2, 0) is 9.84 Å². The molecular formula is C17H10FNO3S. The summed E-state index contributed by atoms with van der Waals surface area (Å²) in [6.45, 7) is 0. The summed E-state index contributed by atoms with van der Waals surface area (Å²) in [4.78, 5) is 11.9. The van der Waals surface area contributed by atoms with Gasteiger partial charge in [-0.2, -0.15) is 5.26 Å². The summed E-state index contributed by atoms with van der Waals surface area (Å²) in [5.74, 6) is -1.95. The quantitative estimate of drug-likeness (QED) is 0.755. The molecule has 1 aliphatic rings. The second-order valence-electron chi connectivity index (χ2n) is 5.11. The van der Waals surface area contributed by atoms with E-state index in [9.17, 15) is 17.6 Å². The average Bonchev–Trinajstić information content (AvgIpc) is 2.52. The Morgan fingerprint density at radius 1 is 1.13 bits per heavy atom. The van der Waals surface area contributed by atoms with Crippen molar-refractivity contribution in [2.45, 2.75) is 4.90 Å². The number of halogens is 1. The third kappa shape index (κ3) is 2.67. The maximum absolute atomic E-state index is 13.8. The van der Waals surface area contributed by atoms with Crippen molar-refractivity contribution in [1.82, 2.24) is 0 Å². The highest BCUT2D eigenvalue weighted by molar-refractivity contribution is 7.91. The lowest BCUT2D eigenvalue weighted by molar-refractivity contribution is 0.103. The highest BCUT2D eigenvalue weighted by Crippen LogP contribution is 2.30. The molecular weight excluding hydrogens is 317 g/mol. The number of benzene rings is 2. The van der Waals surface area contributed by atoms with Gasteiger partial charge in [0.05, 0.1) is 17.4 Å². The summed E-state index contributed by atoms with van der Waals surface area (Å²) in [5, 5.41) is 8.76. The van der Waals surface area contributed by atoms with E-state index in [-0.39, 0.29) is 11.1 Å². The van der Waals surface area contributed by atoms with Gasteiger partial charge in [-0.3, -0.25) is 4.79 Å². The van der Waals surface area contributed by atoms with E-state index >= 15 is 0 Å². The lowest BCUT2D eigenvalue weighted by atomic mass is 10.0. The Bertz CT molecular complexity index is 983. The Kier molecular flexibility index (Phi) is 3.58. The number of carbonyl (C=O) groups excluding carboxylic acids is 1. The normalized spacial score (nSPS) is 17.6. The number of carbonyl (C=O) groups is 1. The van der Waals surface area contributed by atoms with E-state index in [0.29, 0.717) is 11.1 Å². The van der Waals surface area contributed by atoms with Crippen LogP contribution in [0, 0.1) is 17.1 Å². The fourth-order valence-electron chi connectivity index (χ4n) is 2.48. The number of nitriles is 1. The van der Waals surface area contributed by atoms with Crippen LogP contribution in [-0.4, -0.2) is 20.0 Å². The zero-order valence-corrected chi connectivity index (χ0v) is 12.6. The number of ketones is 1. The summed E-state index contributed by atoms with van der Waals surface area (Å²) in [6.07, 6.45) is 1.45. The second-order valence-corrected chi connectivity index (χ2v) is 7.03. The monoisotopic (exact) mass is 327 g/mol. The van der Waals surface area contributed by atoms with Gasteiger partial charge in [-0.15, -0.1) is 0 Å². The van der Waals surface area contributed by atoms with E-state index in [0.717, 1.165) is 6.07 Å². The molecule has 23 heavy (non-hydrogen) atoms. The zero-order chi connectivity index (χ0) is 16.6. The Balaban J connectivity index is 2.11. The number of fused-ring (bicyclic) bond motifs is 1. The lowest BCUT2D eigenvalue weighted by Gasteiger charge is -2.18. The van der Waals surface area contributed by atoms with Gasteiger partial charge < -0.3 is 0 Å². The van der Waals surface area contributed by atoms with Gasteiger partial charge in [-0.05, 0) is 35.9 Å². The van der Waals surface area contributed by atoms with Crippen molar-refractivity contribution in [3.63, 3.8) is 0 Å². The number of hydrogen-bond donors (Lipinski definition) is 0. The molecule has 3 rings (SSSR count). The molecule has 0 N–H and O–H groups in total. The molecule has 0 saturated heterocycles. The molecule has 6 heteroatoms. The maximum Gasteiger partial charge on any atom is 0.191 e. The number of hydrogen-bond acceptors (Lipinski definition) is 4. The van der Waals surface area contributed by atoms with E-state index in [2.05, 4.69) is 0 Å². The molecule has 2 aromatic carbocycles. The van der Waals surface area contributed by atoms with Crippen LogP contribution in [0.2, 0.25) is 0 Å². The van der Waals surface area contributed by atoms with Crippen LogP contribution >= 0.6 is 0 Å². The van der Waals surface area contributed by atoms with E-state index in [1.54, 1.807) is 24.3 Å². The predicted molar refractivity (Wildman–Crippen MR) is 81.9 cm³/mol. The van der Waals surface area contributed by atoms with Gasteiger partial charge >= 0.3 is 0 Å². The van der Waals surface area contributed by atoms with Crippen molar-refractivity contribution < 1.29 is 17.6 Å². The third-order valence-corrected chi connectivity index (χ3v) is 5.27. The molecule has 0 radical (unpaired) electrons. The molecule has 2 aromatic rings. The minimum atomic E-state index is -3.90.